The van der Waals surface area contributed by atoms with Crippen LogP contribution in [-0.2, 0) is 9.47 Å². The van der Waals surface area contributed by atoms with E-state index in [0.717, 1.165) is 5.69 Å². The minimum Gasteiger partial charge on any atom is -0.490 e. The maximum Gasteiger partial charge on any atom is 0.261 e. The van der Waals surface area contributed by atoms with E-state index in [1.54, 1.807) is 45.8 Å². The van der Waals surface area contributed by atoms with Gasteiger partial charge in [-0.1, -0.05) is 0 Å². The number of nitrogens with zero attached hydrogens (tertiary/aromatic N) is 5. The lowest BCUT2D eigenvalue weighted by atomic mass is 10.2. The summed E-state index contributed by atoms with van der Waals surface area (Å²) in [7, 11) is 0. The molecule has 4 aromatic heterocycles. The molecule has 160 valence electrons. The van der Waals surface area contributed by atoms with E-state index in [2.05, 4.69) is 20.4 Å². The average molecular weight is 422 g/mol. The fraction of sp³-hybridized carbons (Fsp3) is 0.333. The molecule has 1 N–H and O–H groups in total. The fourth-order valence-electron chi connectivity index (χ4n) is 3.48. The lowest BCUT2D eigenvalue weighted by molar-refractivity contribution is -0.0916. The highest BCUT2D eigenvalue weighted by Crippen LogP contribution is 2.27. The van der Waals surface area contributed by atoms with Gasteiger partial charge in [0.25, 0.3) is 5.91 Å². The number of hydrogen-bond acceptors (Lipinski definition) is 7. The summed E-state index contributed by atoms with van der Waals surface area (Å²) in [5.41, 5.74) is 2.86. The minimum absolute atomic E-state index is 0.114. The smallest absolute Gasteiger partial charge is 0.261 e. The van der Waals surface area contributed by atoms with Gasteiger partial charge in [-0.15, -0.1) is 0 Å². The van der Waals surface area contributed by atoms with Gasteiger partial charge in [-0.05, 0) is 19.9 Å². The van der Waals surface area contributed by atoms with Crippen LogP contribution in [0.1, 0.15) is 36.0 Å². The second kappa shape index (κ2) is 7.97. The number of nitrogens with one attached hydrogen (secondary N) is 1. The number of rotatable bonds is 5. The van der Waals surface area contributed by atoms with Gasteiger partial charge in [0.1, 0.15) is 23.2 Å². The number of amides is 1. The molecule has 4 aromatic rings. The second-order valence-electron chi connectivity index (χ2n) is 7.48. The SMILES string of the molecule is CC(C)Oc1cc2nc(C3COCCO3)cn2cc1C(=O)Nc1cnn2cccnc12. The van der Waals surface area contributed by atoms with Crippen LogP contribution in [0.3, 0.4) is 0 Å². The third-order valence-corrected chi connectivity index (χ3v) is 4.85. The molecule has 1 saturated heterocycles. The van der Waals surface area contributed by atoms with Gasteiger partial charge in [0.15, 0.2) is 5.65 Å². The molecule has 1 atom stereocenters. The number of aromatic nitrogens is 5. The van der Waals surface area contributed by atoms with Crippen LogP contribution in [0.15, 0.2) is 43.1 Å². The number of carbonyl (C=O) groups is 1. The molecular weight excluding hydrogens is 400 g/mol. The molecule has 0 saturated carbocycles. The molecule has 0 aliphatic carbocycles. The summed E-state index contributed by atoms with van der Waals surface area (Å²) in [5.74, 6) is 0.119. The second-order valence-corrected chi connectivity index (χ2v) is 7.48. The number of carbonyl (C=O) groups excluding carboxylic acids is 1. The van der Waals surface area contributed by atoms with Gasteiger partial charge in [0, 0.05) is 30.9 Å². The molecular formula is C21H22N6O4. The molecule has 0 radical (unpaired) electrons. The van der Waals surface area contributed by atoms with E-state index < -0.39 is 0 Å². The van der Waals surface area contributed by atoms with Crippen molar-refractivity contribution in [3.05, 3.63) is 54.4 Å². The van der Waals surface area contributed by atoms with E-state index in [-0.39, 0.29) is 18.1 Å². The van der Waals surface area contributed by atoms with Crippen LogP contribution in [0.2, 0.25) is 0 Å². The summed E-state index contributed by atoms with van der Waals surface area (Å²) in [5, 5.41) is 7.10. The standard InChI is InChI=1S/C21H22N6O4/c1-13(2)31-17-8-19-24-16(18-12-29-6-7-30-18)11-26(19)10-14(17)21(28)25-15-9-23-27-5-3-4-22-20(15)27/h3-5,8-11,13,18H,6-7,12H2,1-2H3,(H,25,28). The molecule has 1 aliphatic rings. The minimum atomic E-state index is -0.328. The van der Waals surface area contributed by atoms with E-state index in [4.69, 9.17) is 14.2 Å². The summed E-state index contributed by atoms with van der Waals surface area (Å²) in [6, 6.07) is 3.53. The molecule has 31 heavy (non-hydrogen) atoms. The van der Waals surface area contributed by atoms with Crippen molar-refractivity contribution in [1.29, 1.82) is 0 Å². The predicted octanol–water partition coefficient (Wildman–Crippen LogP) is 2.50. The third-order valence-electron chi connectivity index (χ3n) is 4.85. The summed E-state index contributed by atoms with van der Waals surface area (Å²) in [4.78, 5) is 22.1. The van der Waals surface area contributed by atoms with Gasteiger partial charge in [0.2, 0.25) is 0 Å². The quantitative estimate of drug-likeness (QED) is 0.527. The van der Waals surface area contributed by atoms with Crippen LogP contribution in [-0.4, -0.2) is 55.8 Å². The fourth-order valence-corrected chi connectivity index (χ4v) is 3.48. The molecule has 0 aromatic carbocycles. The van der Waals surface area contributed by atoms with Crippen molar-refractivity contribution in [3.63, 3.8) is 0 Å². The van der Waals surface area contributed by atoms with E-state index in [9.17, 15) is 4.79 Å². The molecule has 5 heterocycles. The summed E-state index contributed by atoms with van der Waals surface area (Å²) in [6.45, 7) is 5.38. The maximum absolute atomic E-state index is 13.2. The number of imidazole rings is 1. The monoisotopic (exact) mass is 422 g/mol. The summed E-state index contributed by atoms with van der Waals surface area (Å²) < 4.78 is 20.6. The lowest BCUT2D eigenvalue weighted by Crippen LogP contribution is -2.22. The average Bonchev–Trinajstić information content (AvgIpc) is 3.37. The van der Waals surface area contributed by atoms with Crippen LogP contribution in [0.4, 0.5) is 5.69 Å². The first kappa shape index (κ1) is 19.5. The van der Waals surface area contributed by atoms with Crippen molar-refractivity contribution in [1.82, 2.24) is 24.0 Å². The normalized spacial score (nSPS) is 16.8. The predicted molar refractivity (Wildman–Crippen MR) is 111 cm³/mol. The van der Waals surface area contributed by atoms with E-state index in [0.29, 0.717) is 48.1 Å². The van der Waals surface area contributed by atoms with Crippen LogP contribution < -0.4 is 10.1 Å². The molecule has 5 rings (SSSR count). The van der Waals surface area contributed by atoms with Crippen molar-refractivity contribution >= 4 is 22.9 Å². The van der Waals surface area contributed by atoms with E-state index >= 15 is 0 Å². The summed E-state index contributed by atoms with van der Waals surface area (Å²) in [6.07, 6.45) is 8.19. The number of ether oxygens (including phenoxy) is 3. The first-order valence-electron chi connectivity index (χ1n) is 10.1. The van der Waals surface area contributed by atoms with Crippen LogP contribution in [0.25, 0.3) is 11.3 Å². The number of hydrogen-bond donors (Lipinski definition) is 1. The Hall–Kier alpha value is -3.50. The Balaban J connectivity index is 1.51. The van der Waals surface area contributed by atoms with Crippen LogP contribution in [0.5, 0.6) is 5.75 Å². The highest BCUT2D eigenvalue weighted by atomic mass is 16.6. The zero-order valence-electron chi connectivity index (χ0n) is 17.2. The molecule has 0 bridgehead atoms. The number of fused-ring (bicyclic) bond motifs is 2. The Morgan fingerprint density at radius 1 is 1.32 bits per heavy atom. The molecule has 0 spiro atoms. The third kappa shape index (κ3) is 3.82. The van der Waals surface area contributed by atoms with Crippen LogP contribution in [0, 0.1) is 0 Å². The Labute approximate surface area is 177 Å². The van der Waals surface area contributed by atoms with Crippen LogP contribution >= 0.6 is 0 Å². The highest BCUT2D eigenvalue weighted by molar-refractivity contribution is 6.07. The molecule has 1 amide bonds. The molecule has 10 nitrogen and oxygen atoms in total. The molecule has 1 unspecified atom stereocenters. The number of anilines is 1. The van der Waals surface area contributed by atoms with Gasteiger partial charge in [-0.2, -0.15) is 5.10 Å². The molecule has 1 fully saturated rings. The maximum atomic E-state index is 13.2. The number of pyridine rings is 1. The Kier molecular flexibility index (Phi) is 5.00. The lowest BCUT2D eigenvalue weighted by Gasteiger charge is -2.20. The van der Waals surface area contributed by atoms with Gasteiger partial charge < -0.3 is 23.9 Å². The van der Waals surface area contributed by atoms with Crippen molar-refractivity contribution < 1.29 is 19.0 Å². The van der Waals surface area contributed by atoms with E-state index in [1.165, 1.54) is 0 Å². The van der Waals surface area contributed by atoms with Crippen molar-refractivity contribution in [3.8, 4) is 5.75 Å². The Bertz CT molecular complexity index is 1240. The zero-order valence-corrected chi connectivity index (χ0v) is 17.2. The zero-order chi connectivity index (χ0) is 21.4. The van der Waals surface area contributed by atoms with Gasteiger partial charge in [-0.3, -0.25) is 4.79 Å². The largest absolute Gasteiger partial charge is 0.490 e. The molecule has 10 heteroatoms. The molecule has 1 aliphatic heterocycles. The Morgan fingerprint density at radius 3 is 3.03 bits per heavy atom. The van der Waals surface area contributed by atoms with Gasteiger partial charge >= 0.3 is 0 Å². The first-order valence-corrected chi connectivity index (χ1v) is 10.1. The van der Waals surface area contributed by atoms with Crippen molar-refractivity contribution in [2.24, 2.45) is 0 Å². The highest BCUT2D eigenvalue weighted by Gasteiger charge is 2.22. The summed E-state index contributed by atoms with van der Waals surface area (Å²) >= 11 is 0. The Morgan fingerprint density at radius 2 is 2.23 bits per heavy atom. The van der Waals surface area contributed by atoms with E-state index in [1.807, 2.05) is 20.0 Å². The topological polar surface area (TPSA) is 104 Å². The van der Waals surface area contributed by atoms with Gasteiger partial charge in [0.05, 0.1) is 43.4 Å². The van der Waals surface area contributed by atoms with Gasteiger partial charge in [-0.25, -0.2) is 14.5 Å². The van der Waals surface area contributed by atoms with Crippen molar-refractivity contribution in [2.45, 2.75) is 26.1 Å². The van der Waals surface area contributed by atoms with Crippen molar-refractivity contribution in [2.75, 3.05) is 25.1 Å². The first-order chi connectivity index (χ1) is 15.1.